The molecular weight excluding hydrogens is 402 g/mol. The Bertz CT molecular complexity index is 997. The third-order valence-electron chi connectivity index (χ3n) is 6.78. The van der Waals surface area contributed by atoms with Crippen molar-refractivity contribution in [1.82, 2.24) is 24.5 Å². The molecule has 9 heteroatoms. The zero-order valence-electron chi connectivity index (χ0n) is 17.7. The van der Waals surface area contributed by atoms with Crippen molar-refractivity contribution in [2.24, 2.45) is 11.8 Å². The summed E-state index contributed by atoms with van der Waals surface area (Å²) >= 11 is 0. The van der Waals surface area contributed by atoms with Crippen LogP contribution in [0, 0.1) is 11.8 Å². The summed E-state index contributed by atoms with van der Waals surface area (Å²) in [5, 5.41) is 3.81. The number of hydrogen-bond acceptors (Lipinski definition) is 5. The minimum atomic E-state index is -3.60. The first-order valence-electron chi connectivity index (χ1n) is 10.8. The van der Waals surface area contributed by atoms with E-state index in [4.69, 9.17) is 0 Å². The number of hydrogen-bond donors (Lipinski definition) is 2. The van der Waals surface area contributed by atoms with E-state index in [1.807, 2.05) is 4.90 Å². The van der Waals surface area contributed by atoms with Crippen LogP contribution >= 0.6 is 0 Å². The van der Waals surface area contributed by atoms with Gasteiger partial charge in [-0.2, -0.15) is 4.31 Å². The molecule has 0 aromatic carbocycles. The van der Waals surface area contributed by atoms with Crippen LogP contribution < -0.4 is 5.32 Å². The van der Waals surface area contributed by atoms with Crippen LogP contribution in [-0.2, 0) is 14.8 Å². The Morgan fingerprint density at radius 2 is 2.00 bits per heavy atom. The van der Waals surface area contributed by atoms with E-state index in [9.17, 15) is 13.2 Å². The summed E-state index contributed by atoms with van der Waals surface area (Å²) < 4.78 is 27.7. The first-order chi connectivity index (χ1) is 14.4. The molecule has 2 aliphatic rings. The van der Waals surface area contributed by atoms with Gasteiger partial charge in [0.2, 0.25) is 15.9 Å². The van der Waals surface area contributed by atoms with Crippen LogP contribution in [0.3, 0.4) is 0 Å². The number of H-pyrrole nitrogens is 1. The number of rotatable bonds is 5. The van der Waals surface area contributed by atoms with Crippen molar-refractivity contribution in [3.8, 4) is 0 Å². The summed E-state index contributed by atoms with van der Waals surface area (Å²) in [6.07, 6.45) is 6.59. The molecule has 1 saturated heterocycles. The van der Waals surface area contributed by atoms with Crippen LogP contribution in [-0.4, -0.2) is 72.3 Å². The Kier molecular flexibility index (Phi) is 6.13. The van der Waals surface area contributed by atoms with Gasteiger partial charge in [0.05, 0.1) is 6.54 Å². The maximum Gasteiger partial charge on any atom is 0.245 e. The lowest BCUT2D eigenvalue weighted by molar-refractivity contribution is -0.124. The molecule has 4 rings (SSSR count). The first-order valence-corrected chi connectivity index (χ1v) is 12.2. The Balaban J connectivity index is 1.33. The summed E-state index contributed by atoms with van der Waals surface area (Å²) in [5.41, 5.74) is 0.567. The van der Waals surface area contributed by atoms with E-state index < -0.39 is 10.0 Å². The van der Waals surface area contributed by atoms with E-state index in [0.29, 0.717) is 55.6 Å². The molecule has 0 spiro atoms. The molecular formula is C21H31N5O3S. The fraction of sp³-hybridized carbons (Fsp3) is 0.619. The second kappa shape index (κ2) is 8.64. The third kappa shape index (κ3) is 4.24. The summed E-state index contributed by atoms with van der Waals surface area (Å²) in [6, 6.07) is 3.75. The number of pyridine rings is 1. The SMILES string of the molecule is CC1CCCC(NC(=O)CN2CCN(S(=O)(=O)c3c[nH]c4ncccc34)CC2)C1C. The van der Waals surface area contributed by atoms with E-state index in [2.05, 4.69) is 29.1 Å². The molecule has 8 nitrogen and oxygen atoms in total. The standard InChI is InChI=1S/C21H31N5O3S/c1-15-5-3-7-18(16(15)2)24-20(27)14-25-9-11-26(12-10-25)30(28,29)19-13-23-21-17(19)6-4-8-22-21/h4,6,8,13,15-16,18H,3,5,7,9-12,14H2,1-2H3,(H,22,23)(H,24,27). The van der Waals surface area contributed by atoms with Crippen LogP contribution in [0.4, 0.5) is 0 Å². The summed E-state index contributed by atoms with van der Waals surface area (Å²) in [4.78, 5) is 22.0. The largest absolute Gasteiger partial charge is 0.352 e. The van der Waals surface area contributed by atoms with Gasteiger partial charge in [0.25, 0.3) is 0 Å². The number of nitrogens with zero attached hydrogens (tertiary/aromatic N) is 3. The number of nitrogens with one attached hydrogen (secondary N) is 2. The molecule has 0 radical (unpaired) electrons. The Morgan fingerprint density at radius 1 is 1.23 bits per heavy atom. The summed E-state index contributed by atoms with van der Waals surface area (Å²) in [6.45, 7) is 6.64. The van der Waals surface area contributed by atoms with Crippen LogP contribution in [0.1, 0.15) is 33.1 Å². The Hall–Kier alpha value is -1.97. The predicted octanol–water partition coefficient (Wildman–Crippen LogP) is 1.81. The molecule has 2 aromatic heterocycles. The average Bonchev–Trinajstić information content (AvgIpc) is 3.17. The molecule has 1 aliphatic carbocycles. The van der Waals surface area contributed by atoms with E-state index in [-0.39, 0.29) is 16.8 Å². The van der Waals surface area contributed by atoms with Crippen molar-refractivity contribution in [1.29, 1.82) is 0 Å². The molecule has 1 saturated carbocycles. The minimum absolute atomic E-state index is 0.0416. The van der Waals surface area contributed by atoms with E-state index in [1.165, 1.54) is 16.9 Å². The summed E-state index contributed by atoms with van der Waals surface area (Å²) in [5.74, 6) is 1.17. The first kappa shape index (κ1) is 21.3. The van der Waals surface area contributed by atoms with Gasteiger partial charge in [-0.3, -0.25) is 9.69 Å². The molecule has 1 amide bonds. The van der Waals surface area contributed by atoms with E-state index in [0.717, 1.165) is 12.8 Å². The van der Waals surface area contributed by atoms with Crippen molar-refractivity contribution in [3.05, 3.63) is 24.5 Å². The number of piperazine rings is 1. The average molecular weight is 434 g/mol. The smallest absolute Gasteiger partial charge is 0.245 e. The number of carbonyl (C=O) groups is 1. The number of aromatic amines is 1. The van der Waals surface area contributed by atoms with Gasteiger partial charge in [0.15, 0.2) is 0 Å². The van der Waals surface area contributed by atoms with Gasteiger partial charge in [-0.15, -0.1) is 0 Å². The molecule has 3 atom stereocenters. The fourth-order valence-electron chi connectivity index (χ4n) is 4.65. The van der Waals surface area contributed by atoms with Crippen LogP contribution in [0.5, 0.6) is 0 Å². The molecule has 3 heterocycles. The molecule has 1 aliphatic heterocycles. The van der Waals surface area contributed by atoms with Crippen molar-refractivity contribution in [3.63, 3.8) is 0 Å². The number of carbonyl (C=O) groups excluding carboxylic acids is 1. The van der Waals surface area contributed by atoms with Gasteiger partial charge in [0.1, 0.15) is 10.5 Å². The summed E-state index contributed by atoms with van der Waals surface area (Å²) in [7, 11) is -3.60. The molecule has 0 bridgehead atoms. The zero-order valence-corrected chi connectivity index (χ0v) is 18.5. The molecule has 2 N–H and O–H groups in total. The molecule has 164 valence electrons. The monoisotopic (exact) mass is 433 g/mol. The molecule has 2 aromatic rings. The highest BCUT2D eigenvalue weighted by atomic mass is 32.2. The number of amides is 1. The van der Waals surface area contributed by atoms with Crippen molar-refractivity contribution < 1.29 is 13.2 Å². The second-order valence-electron chi connectivity index (χ2n) is 8.67. The number of aromatic nitrogens is 2. The highest BCUT2D eigenvalue weighted by molar-refractivity contribution is 7.89. The zero-order chi connectivity index (χ0) is 21.3. The Morgan fingerprint density at radius 3 is 2.77 bits per heavy atom. The highest BCUT2D eigenvalue weighted by Crippen LogP contribution is 2.29. The number of fused-ring (bicyclic) bond motifs is 1. The third-order valence-corrected chi connectivity index (χ3v) is 8.72. The maximum atomic E-state index is 13.1. The quantitative estimate of drug-likeness (QED) is 0.749. The van der Waals surface area contributed by atoms with Gasteiger partial charge in [-0.1, -0.05) is 26.7 Å². The number of sulfonamides is 1. The van der Waals surface area contributed by atoms with Gasteiger partial charge in [-0.05, 0) is 30.4 Å². The Labute approximate surface area is 178 Å². The van der Waals surface area contributed by atoms with Crippen LogP contribution in [0.2, 0.25) is 0 Å². The van der Waals surface area contributed by atoms with Crippen molar-refractivity contribution in [2.45, 2.75) is 44.0 Å². The van der Waals surface area contributed by atoms with Gasteiger partial charge in [-0.25, -0.2) is 13.4 Å². The highest BCUT2D eigenvalue weighted by Gasteiger charge is 2.32. The van der Waals surface area contributed by atoms with Crippen molar-refractivity contribution in [2.75, 3.05) is 32.7 Å². The minimum Gasteiger partial charge on any atom is -0.352 e. The maximum absolute atomic E-state index is 13.1. The molecule has 3 unspecified atom stereocenters. The van der Waals surface area contributed by atoms with Gasteiger partial charge in [0, 0.05) is 50.0 Å². The second-order valence-corrected chi connectivity index (χ2v) is 10.6. The molecule has 30 heavy (non-hydrogen) atoms. The predicted molar refractivity (Wildman–Crippen MR) is 115 cm³/mol. The van der Waals surface area contributed by atoms with Crippen LogP contribution in [0.25, 0.3) is 11.0 Å². The van der Waals surface area contributed by atoms with Gasteiger partial charge >= 0.3 is 0 Å². The topological polar surface area (TPSA) is 98.4 Å². The lowest BCUT2D eigenvalue weighted by atomic mass is 9.78. The lowest BCUT2D eigenvalue weighted by Gasteiger charge is -2.36. The lowest BCUT2D eigenvalue weighted by Crippen LogP contribution is -2.52. The fourth-order valence-corrected chi connectivity index (χ4v) is 6.23. The van der Waals surface area contributed by atoms with E-state index in [1.54, 1.807) is 18.3 Å². The van der Waals surface area contributed by atoms with Crippen molar-refractivity contribution >= 4 is 27.0 Å². The normalized spacial score (nSPS) is 26.7. The van der Waals surface area contributed by atoms with E-state index >= 15 is 0 Å². The van der Waals surface area contributed by atoms with Crippen LogP contribution in [0.15, 0.2) is 29.4 Å². The van der Waals surface area contributed by atoms with Gasteiger partial charge < -0.3 is 10.3 Å². The molecule has 2 fully saturated rings.